The number of aliphatic carboxylic acids is 1. The SMILES string of the molecule is CSc1ccc(CCNC(=O)N2C[C@@H]3CCC[C@@]3(C(=O)O)C2)cc1. The van der Waals surface area contributed by atoms with Crippen molar-refractivity contribution in [2.45, 2.75) is 30.6 Å². The van der Waals surface area contributed by atoms with Crippen molar-refractivity contribution < 1.29 is 14.7 Å². The molecule has 0 spiro atoms. The van der Waals surface area contributed by atoms with Crippen molar-refractivity contribution in [3.63, 3.8) is 0 Å². The Morgan fingerprint density at radius 2 is 2.12 bits per heavy atom. The van der Waals surface area contributed by atoms with Crippen LogP contribution >= 0.6 is 11.8 Å². The molecule has 0 bridgehead atoms. The van der Waals surface area contributed by atoms with Crippen molar-refractivity contribution in [2.24, 2.45) is 11.3 Å². The molecule has 1 aromatic rings. The number of urea groups is 1. The van der Waals surface area contributed by atoms with Gasteiger partial charge < -0.3 is 15.3 Å². The molecule has 1 heterocycles. The van der Waals surface area contributed by atoms with Crippen LogP contribution in [-0.4, -0.2) is 47.9 Å². The second-order valence-electron chi connectivity index (χ2n) is 6.76. The summed E-state index contributed by atoms with van der Waals surface area (Å²) in [5, 5.41) is 12.5. The fraction of sp³-hybridized carbons (Fsp3) is 0.556. The molecule has 1 aliphatic heterocycles. The summed E-state index contributed by atoms with van der Waals surface area (Å²) in [7, 11) is 0. The lowest BCUT2D eigenvalue weighted by atomic mass is 9.81. The van der Waals surface area contributed by atoms with Gasteiger partial charge in [0.2, 0.25) is 0 Å². The van der Waals surface area contributed by atoms with Gasteiger partial charge in [0.1, 0.15) is 0 Å². The fourth-order valence-electron chi connectivity index (χ4n) is 4.01. The van der Waals surface area contributed by atoms with Crippen molar-refractivity contribution >= 4 is 23.8 Å². The van der Waals surface area contributed by atoms with Gasteiger partial charge in [0.15, 0.2) is 0 Å². The van der Waals surface area contributed by atoms with Crippen LogP contribution in [-0.2, 0) is 11.2 Å². The Morgan fingerprint density at radius 3 is 2.75 bits per heavy atom. The highest BCUT2D eigenvalue weighted by molar-refractivity contribution is 7.98. The van der Waals surface area contributed by atoms with E-state index in [1.807, 2.05) is 6.26 Å². The number of hydrogen-bond donors (Lipinski definition) is 2. The molecule has 6 heteroatoms. The molecule has 24 heavy (non-hydrogen) atoms. The molecule has 3 rings (SSSR count). The summed E-state index contributed by atoms with van der Waals surface area (Å²) >= 11 is 1.71. The van der Waals surface area contributed by atoms with E-state index in [9.17, 15) is 14.7 Å². The Bertz CT molecular complexity index is 619. The molecule has 1 aliphatic carbocycles. The van der Waals surface area contributed by atoms with E-state index < -0.39 is 11.4 Å². The minimum absolute atomic E-state index is 0.111. The molecule has 1 saturated heterocycles. The molecule has 2 aliphatic rings. The monoisotopic (exact) mass is 348 g/mol. The van der Waals surface area contributed by atoms with Crippen LogP contribution in [0.1, 0.15) is 24.8 Å². The average Bonchev–Trinajstić information content (AvgIpc) is 3.13. The van der Waals surface area contributed by atoms with Gasteiger partial charge in [-0.15, -0.1) is 11.8 Å². The van der Waals surface area contributed by atoms with Crippen LogP contribution in [0.3, 0.4) is 0 Å². The van der Waals surface area contributed by atoms with Crippen molar-refractivity contribution in [1.29, 1.82) is 0 Å². The summed E-state index contributed by atoms with van der Waals surface area (Å²) in [4.78, 5) is 26.9. The fourth-order valence-corrected chi connectivity index (χ4v) is 4.42. The predicted molar refractivity (Wildman–Crippen MR) is 94.3 cm³/mol. The van der Waals surface area contributed by atoms with E-state index in [4.69, 9.17) is 0 Å². The molecule has 1 saturated carbocycles. The topological polar surface area (TPSA) is 69.6 Å². The second kappa shape index (κ2) is 7.05. The first kappa shape index (κ1) is 17.1. The molecule has 2 N–H and O–H groups in total. The number of carboxylic acid groups (broad SMARTS) is 1. The number of nitrogens with one attached hydrogen (secondary N) is 1. The van der Waals surface area contributed by atoms with Crippen molar-refractivity contribution in [2.75, 3.05) is 25.9 Å². The summed E-state index contributed by atoms with van der Waals surface area (Å²) in [6, 6.07) is 8.20. The Morgan fingerprint density at radius 1 is 1.38 bits per heavy atom. The number of rotatable bonds is 5. The number of carboxylic acids is 1. The molecule has 1 aromatic carbocycles. The number of amides is 2. The third-order valence-electron chi connectivity index (χ3n) is 5.43. The van der Waals surface area contributed by atoms with Crippen LogP contribution in [0.25, 0.3) is 0 Å². The molecule has 0 unspecified atom stereocenters. The largest absolute Gasteiger partial charge is 0.481 e. The van der Waals surface area contributed by atoms with E-state index >= 15 is 0 Å². The van der Waals surface area contributed by atoms with Gasteiger partial charge in [-0.1, -0.05) is 18.6 Å². The number of hydrogen-bond acceptors (Lipinski definition) is 3. The lowest BCUT2D eigenvalue weighted by Gasteiger charge is -2.23. The lowest BCUT2D eigenvalue weighted by molar-refractivity contribution is -0.149. The zero-order chi connectivity index (χ0) is 17.2. The summed E-state index contributed by atoms with van der Waals surface area (Å²) in [6.07, 6.45) is 5.39. The number of likely N-dealkylation sites (tertiary alicyclic amines) is 1. The first-order valence-corrected chi connectivity index (χ1v) is 9.67. The number of nitrogens with zero attached hydrogens (tertiary/aromatic N) is 1. The van der Waals surface area contributed by atoms with Gasteiger partial charge in [0.25, 0.3) is 0 Å². The predicted octanol–water partition coefficient (Wildman–Crippen LogP) is 2.85. The van der Waals surface area contributed by atoms with Crippen LogP contribution in [0, 0.1) is 11.3 Å². The van der Waals surface area contributed by atoms with Gasteiger partial charge in [0, 0.05) is 24.5 Å². The number of benzene rings is 1. The highest BCUT2D eigenvalue weighted by atomic mass is 32.2. The molecule has 2 atom stereocenters. The Balaban J connectivity index is 1.50. The van der Waals surface area contributed by atoms with Gasteiger partial charge >= 0.3 is 12.0 Å². The highest BCUT2D eigenvalue weighted by Gasteiger charge is 2.55. The minimum Gasteiger partial charge on any atom is -0.481 e. The molecule has 2 fully saturated rings. The van der Waals surface area contributed by atoms with E-state index in [-0.39, 0.29) is 11.9 Å². The smallest absolute Gasteiger partial charge is 0.317 e. The maximum absolute atomic E-state index is 12.4. The number of thioether (sulfide) groups is 1. The van der Waals surface area contributed by atoms with E-state index in [0.29, 0.717) is 26.1 Å². The van der Waals surface area contributed by atoms with Crippen LogP contribution in [0.4, 0.5) is 4.79 Å². The number of fused-ring (bicyclic) bond motifs is 1. The van der Waals surface area contributed by atoms with E-state index in [2.05, 4.69) is 29.6 Å². The van der Waals surface area contributed by atoms with Gasteiger partial charge in [-0.3, -0.25) is 4.79 Å². The van der Waals surface area contributed by atoms with Crippen molar-refractivity contribution in [1.82, 2.24) is 10.2 Å². The van der Waals surface area contributed by atoms with Crippen LogP contribution in [0.15, 0.2) is 29.2 Å². The molecule has 130 valence electrons. The second-order valence-corrected chi connectivity index (χ2v) is 7.64. The summed E-state index contributed by atoms with van der Waals surface area (Å²) in [5.74, 6) is -0.631. The maximum atomic E-state index is 12.4. The van der Waals surface area contributed by atoms with E-state index in [1.54, 1.807) is 16.7 Å². The van der Waals surface area contributed by atoms with Crippen molar-refractivity contribution in [3.05, 3.63) is 29.8 Å². The Kier molecular flexibility index (Phi) is 5.04. The van der Waals surface area contributed by atoms with E-state index in [0.717, 1.165) is 19.3 Å². The summed E-state index contributed by atoms with van der Waals surface area (Å²) < 4.78 is 0. The van der Waals surface area contributed by atoms with Gasteiger partial charge in [-0.25, -0.2) is 4.79 Å². The quantitative estimate of drug-likeness (QED) is 0.803. The van der Waals surface area contributed by atoms with Crippen LogP contribution in [0.5, 0.6) is 0 Å². The van der Waals surface area contributed by atoms with E-state index in [1.165, 1.54) is 10.5 Å². The molecular formula is C18H24N2O3S. The van der Waals surface area contributed by atoms with Gasteiger partial charge in [-0.2, -0.15) is 0 Å². The van der Waals surface area contributed by atoms with Gasteiger partial charge in [-0.05, 0) is 49.1 Å². The zero-order valence-corrected chi connectivity index (χ0v) is 14.8. The number of carbonyl (C=O) groups is 2. The molecule has 0 aromatic heterocycles. The summed E-state index contributed by atoms with van der Waals surface area (Å²) in [6.45, 7) is 1.49. The Hall–Kier alpha value is -1.69. The van der Waals surface area contributed by atoms with Crippen molar-refractivity contribution in [3.8, 4) is 0 Å². The van der Waals surface area contributed by atoms with Crippen LogP contribution < -0.4 is 5.32 Å². The summed E-state index contributed by atoms with van der Waals surface area (Å²) in [5.41, 5.74) is 0.485. The first-order valence-electron chi connectivity index (χ1n) is 8.44. The normalized spacial score (nSPS) is 25.5. The Labute approximate surface area is 146 Å². The molecule has 2 amide bonds. The third-order valence-corrected chi connectivity index (χ3v) is 6.18. The van der Waals surface area contributed by atoms with Gasteiger partial charge in [0.05, 0.1) is 5.41 Å². The first-order chi connectivity index (χ1) is 11.5. The van der Waals surface area contributed by atoms with Crippen LogP contribution in [0.2, 0.25) is 0 Å². The molecule has 5 nitrogen and oxygen atoms in total. The lowest BCUT2D eigenvalue weighted by Crippen LogP contribution is -2.42. The number of carbonyl (C=O) groups excluding carboxylic acids is 1. The molecule has 0 radical (unpaired) electrons. The standard InChI is InChI=1S/C18H24N2O3S/c1-24-15-6-4-13(5-7-15)8-10-19-17(23)20-11-14-3-2-9-18(14,12-20)16(21)22/h4-7,14H,2-3,8-12H2,1H3,(H,19,23)(H,21,22)/t14-,18+/m0/s1. The maximum Gasteiger partial charge on any atom is 0.317 e. The average molecular weight is 348 g/mol. The zero-order valence-electron chi connectivity index (χ0n) is 14.0. The third kappa shape index (κ3) is 3.24. The minimum atomic E-state index is -0.741. The highest BCUT2D eigenvalue weighted by Crippen LogP contribution is 2.48. The molecular weight excluding hydrogens is 324 g/mol.